The van der Waals surface area contributed by atoms with Crippen LogP contribution in [0.25, 0.3) is 0 Å². The first-order valence-corrected chi connectivity index (χ1v) is 4.55. The Balaban J connectivity index is 2.20. The van der Waals surface area contributed by atoms with Gasteiger partial charge in [0, 0.05) is 18.9 Å². The van der Waals surface area contributed by atoms with Gasteiger partial charge in [-0.2, -0.15) is 0 Å². The molecule has 0 aromatic carbocycles. The first kappa shape index (κ1) is 7.06. The van der Waals surface area contributed by atoms with Crippen molar-refractivity contribution >= 4 is 5.91 Å². The van der Waals surface area contributed by atoms with E-state index in [1.807, 2.05) is 12.3 Å². The van der Waals surface area contributed by atoms with Gasteiger partial charge in [0.2, 0.25) is 5.91 Å². The van der Waals surface area contributed by atoms with Crippen molar-refractivity contribution in [1.29, 1.82) is 0 Å². The lowest BCUT2D eigenvalue weighted by molar-refractivity contribution is -0.124. The quantitative estimate of drug-likeness (QED) is 0.630. The van der Waals surface area contributed by atoms with Crippen LogP contribution >= 0.6 is 0 Å². The molecule has 0 atom stereocenters. The number of pyridine rings is 1. The predicted molar refractivity (Wildman–Crippen MR) is 47.0 cm³/mol. The number of nitrogens with one attached hydrogen (secondary N) is 1. The Labute approximate surface area is 76.2 Å². The molecule has 3 rings (SSSR count). The topological polar surface area (TPSA) is 42.0 Å². The number of aromatic nitrogens is 1. The Morgan fingerprint density at radius 1 is 1.46 bits per heavy atom. The summed E-state index contributed by atoms with van der Waals surface area (Å²) < 4.78 is 0. The van der Waals surface area contributed by atoms with Gasteiger partial charge in [-0.15, -0.1) is 0 Å². The van der Waals surface area contributed by atoms with Crippen LogP contribution in [0.5, 0.6) is 0 Å². The van der Waals surface area contributed by atoms with Gasteiger partial charge in [0.25, 0.3) is 0 Å². The molecule has 1 spiro atoms. The number of amides is 1. The van der Waals surface area contributed by atoms with Gasteiger partial charge in [-0.1, -0.05) is 0 Å². The second-order valence-corrected chi connectivity index (χ2v) is 3.80. The number of rotatable bonds is 0. The molecule has 0 unspecified atom stereocenters. The summed E-state index contributed by atoms with van der Waals surface area (Å²) in [4.78, 5) is 15.7. The average molecular weight is 174 g/mol. The first-order valence-electron chi connectivity index (χ1n) is 4.55. The summed E-state index contributed by atoms with van der Waals surface area (Å²) in [6.07, 6.45) is 5.62. The number of hydrogen-bond donors (Lipinski definition) is 1. The fourth-order valence-corrected chi connectivity index (χ4v) is 2.12. The third-order valence-corrected chi connectivity index (χ3v) is 3.04. The van der Waals surface area contributed by atoms with E-state index >= 15 is 0 Å². The van der Waals surface area contributed by atoms with Gasteiger partial charge in [-0.05, 0) is 30.0 Å². The summed E-state index contributed by atoms with van der Waals surface area (Å²) >= 11 is 0. The van der Waals surface area contributed by atoms with Crippen molar-refractivity contribution < 1.29 is 4.79 Å². The molecule has 3 nitrogen and oxygen atoms in total. The van der Waals surface area contributed by atoms with Gasteiger partial charge >= 0.3 is 0 Å². The maximum absolute atomic E-state index is 11.6. The number of nitrogens with zero attached hydrogens (tertiary/aromatic N) is 1. The Kier molecular flexibility index (Phi) is 1.14. The highest BCUT2D eigenvalue weighted by Gasteiger charge is 2.53. The number of fused-ring (bicyclic) bond motifs is 2. The van der Waals surface area contributed by atoms with Crippen LogP contribution in [0.1, 0.15) is 24.0 Å². The minimum Gasteiger partial charge on any atom is -0.351 e. The Morgan fingerprint density at radius 3 is 3.08 bits per heavy atom. The van der Waals surface area contributed by atoms with E-state index in [2.05, 4.69) is 10.3 Å². The van der Waals surface area contributed by atoms with E-state index in [1.165, 1.54) is 11.1 Å². The molecule has 1 fully saturated rings. The number of carbonyl (C=O) groups is 1. The molecule has 1 saturated carbocycles. The summed E-state index contributed by atoms with van der Waals surface area (Å²) in [5, 5.41) is 2.91. The van der Waals surface area contributed by atoms with Gasteiger partial charge < -0.3 is 5.32 Å². The van der Waals surface area contributed by atoms with Crippen LogP contribution in [0.2, 0.25) is 0 Å². The third-order valence-electron chi connectivity index (χ3n) is 3.04. The maximum atomic E-state index is 11.6. The number of hydrogen-bond acceptors (Lipinski definition) is 2. The van der Waals surface area contributed by atoms with Crippen molar-refractivity contribution in [3.63, 3.8) is 0 Å². The fourth-order valence-electron chi connectivity index (χ4n) is 2.12. The molecule has 66 valence electrons. The Bertz CT molecular complexity index is 382. The zero-order valence-electron chi connectivity index (χ0n) is 7.21. The van der Waals surface area contributed by atoms with Crippen molar-refractivity contribution in [3.8, 4) is 0 Å². The van der Waals surface area contributed by atoms with Gasteiger partial charge in [-0.25, -0.2) is 0 Å². The van der Waals surface area contributed by atoms with E-state index in [0.29, 0.717) is 6.54 Å². The molecule has 1 aromatic heterocycles. The molecule has 0 bridgehead atoms. The lowest BCUT2D eigenvalue weighted by atomic mass is 9.89. The SMILES string of the molecule is O=C1NCc2cnccc2C12CC2. The summed E-state index contributed by atoms with van der Waals surface area (Å²) in [6.45, 7) is 0.643. The second-order valence-electron chi connectivity index (χ2n) is 3.80. The third kappa shape index (κ3) is 0.789. The molecule has 13 heavy (non-hydrogen) atoms. The van der Waals surface area contributed by atoms with Crippen LogP contribution in [0.3, 0.4) is 0 Å². The molecule has 1 aliphatic carbocycles. The van der Waals surface area contributed by atoms with Gasteiger partial charge in [0.05, 0.1) is 5.41 Å². The molecule has 3 heteroatoms. The smallest absolute Gasteiger partial charge is 0.230 e. The minimum atomic E-state index is -0.170. The van der Waals surface area contributed by atoms with E-state index in [-0.39, 0.29) is 11.3 Å². The van der Waals surface area contributed by atoms with Gasteiger partial charge in [0.1, 0.15) is 0 Å². The molecular formula is C10H10N2O. The highest BCUT2D eigenvalue weighted by molar-refractivity contribution is 5.93. The second kappa shape index (κ2) is 2.10. The predicted octanol–water partition coefficient (Wildman–Crippen LogP) is 0.743. The standard InChI is InChI=1S/C10H10N2O/c13-9-10(2-3-10)8-1-4-11-5-7(8)6-12-9/h1,4-5H,2-3,6H2,(H,12,13). The molecule has 0 saturated heterocycles. The van der Waals surface area contributed by atoms with E-state index in [1.54, 1.807) is 6.20 Å². The average Bonchev–Trinajstić information content (AvgIpc) is 2.94. The fraction of sp³-hybridized carbons (Fsp3) is 0.400. The van der Waals surface area contributed by atoms with Crippen LogP contribution in [0, 0.1) is 0 Å². The lowest BCUT2D eigenvalue weighted by Gasteiger charge is -2.24. The molecule has 0 radical (unpaired) electrons. The molecule has 1 amide bonds. The molecule has 1 aliphatic heterocycles. The van der Waals surface area contributed by atoms with Crippen molar-refractivity contribution in [2.24, 2.45) is 0 Å². The zero-order chi connectivity index (χ0) is 8.89. The van der Waals surface area contributed by atoms with Crippen LogP contribution in [-0.4, -0.2) is 10.9 Å². The lowest BCUT2D eigenvalue weighted by Crippen LogP contribution is -2.39. The van der Waals surface area contributed by atoms with E-state index in [4.69, 9.17) is 0 Å². The Hall–Kier alpha value is -1.38. The molecule has 1 N–H and O–H groups in total. The normalized spacial score (nSPS) is 22.3. The minimum absolute atomic E-state index is 0.170. The van der Waals surface area contributed by atoms with Gasteiger partial charge in [-0.3, -0.25) is 9.78 Å². The number of carbonyl (C=O) groups excluding carboxylic acids is 1. The molecule has 2 aliphatic rings. The van der Waals surface area contributed by atoms with Crippen LogP contribution in [-0.2, 0) is 16.8 Å². The van der Waals surface area contributed by atoms with Crippen LogP contribution < -0.4 is 5.32 Å². The first-order chi connectivity index (χ1) is 6.33. The molecule has 2 heterocycles. The van der Waals surface area contributed by atoms with E-state index in [0.717, 1.165) is 12.8 Å². The highest BCUT2D eigenvalue weighted by Crippen LogP contribution is 2.50. The zero-order valence-corrected chi connectivity index (χ0v) is 7.21. The van der Waals surface area contributed by atoms with Crippen LogP contribution in [0.4, 0.5) is 0 Å². The van der Waals surface area contributed by atoms with E-state index < -0.39 is 0 Å². The molecule has 1 aromatic rings. The Morgan fingerprint density at radius 2 is 2.31 bits per heavy atom. The van der Waals surface area contributed by atoms with Crippen molar-refractivity contribution in [2.45, 2.75) is 24.8 Å². The highest BCUT2D eigenvalue weighted by atomic mass is 16.2. The largest absolute Gasteiger partial charge is 0.351 e. The van der Waals surface area contributed by atoms with Crippen molar-refractivity contribution in [1.82, 2.24) is 10.3 Å². The monoisotopic (exact) mass is 174 g/mol. The summed E-state index contributed by atoms with van der Waals surface area (Å²) in [6, 6.07) is 1.99. The van der Waals surface area contributed by atoms with Crippen molar-refractivity contribution in [2.75, 3.05) is 0 Å². The molecular weight excluding hydrogens is 164 g/mol. The summed E-state index contributed by atoms with van der Waals surface area (Å²) in [5.41, 5.74) is 2.21. The van der Waals surface area contributed by atoms with E-state index in [9.17, 15) is 4.79 Å². The van der Waals surface area contributed by atoms with Crippen LogP contribution in [0.15, 0.2) is 18.5 Å². The van der Waals surface area contributed by atoms with Gasteiger partial charge in [0.15, 0.2) is 0 Å². The summed E-state index contributed by atoms with van der Waals surface area (Å²) in [7, 11) is 0. The maximum Gasteiger partial charge on any atom is 0.230 e. The summed E-state index contributed by atoms with van der Waals surface area (Å²) in [5.74, 6) is 0.200. The van der Waals surface area contributed by atoms with Crippen molar-refractivity contribution in [3.05, 3.63) is 29.6 Å².